The van der Waals surface area contributed by atoms with E-state index in [-0.39, 0.29) is 23.7 Å². The topological polar surface area (TPSA) is 71.0 Å². The van der Waals surface area contributed by atoms with Gasteiger partial charge in [0, 0.05) is 30.4 Å². The number of aromatic nitrogens is 3. The summed E-state index contributed by atoms with van der Waals surface area (Å²) in [7, 11) is 0. The number of piperidine rings is 1. The predicted molar refractivity (Wildman–Crippen MR) is 123 cm³/mol. The standard InChI is InChI=1S/C25H26F3N5O/c1-16-8-9-18(20-7-3-4-12-29-20)19(14-16)24(34)33-13-5-6-17(2)21(33)15-30-23-11-10-22(31-32-23)25(26,27)28/h3-4,7-12,14,17,21H,5-6,13,15H2,1-2H3,(H,30,32). The number of carbonyl (C=O) groups is 1. The Morgan fingerprint density at radius 3 is 2.65 bits per heavy atom. The van der Waals surface area contributed by atoms with E-state index in [2.05, 4.69) is 27.4 Å². The quantitative estimate of drug-likeness (QED) is 0.555. The van der Waals surface area contributed by atoms with Crippen LogP contribution in [0.3, 0.4) is 0 Å². The summed E-state index contributed by atoms with van der Waals surface area (Å²) < 4.78 is 38.3. The Bertz CT molecular complexity index is 1140. The minimum atomic E-state index is -4.54. The van der Waals surface area contributed by atoms with E-state index in [9.17, 15) is 18.0 Å². The van der Waals surface area contributed by atoms with Crippen LogP contribution < -0.4 is 5.32 Å². The molecule has 3 heterocycles. The van der Waals surface area contributed by atoms with E-state index >= 15 is 0 Å². The molecule has 1 saturated heterocycles. The number of carbonyl (C=O) groups excluding carboxylic acids is 1. The smallest absolute Gasteiger partial charge is 0.367 e. The number of benzene rings is 1. The van der Waals surface area contributed by atoms with Crippen LogP contribution in [0.2, 0.25) is 0 Å². The summed E-state index contributed by atoms with van der Waals surface area (Å²) in [6.45, 7) is 4.99. The Morgan fingerprint density at radius 2 is 1.97 bits per heavy atom. The van der Waals surface area contributed by atoms with Gasteiger partial charge in [0.2, 0.25) is 0 Å². The van der Waals surface area contributed by atoms with Crippen LogP contribution in [0.15, 0.2) is 54.7 Å². The largest absolute Gasteiger partial charge is 0.435 e. The molecule has 9 heteroatoms. The van der Waals surface area contributed by atoms with E-state index < -0.39 is 11.9 Å². The molecule has 3 aromatic rings. The third-order valence-electron chi connectivity index (χ3n) is 6.17. The van der Waals surface area contributed by atoms with Gasteiger partial charge in [-0.1, -0.05) is 30.7 Å². The molecule has 0 saturated carbocycles. The lowest BCUT2D eigenvalue weighted by Crippen LogP contribution is -2.51. The van der Waals surface area contributed by atoms with Crippen LogP contribution in [0.5, 0.6) is 0 Å². The van der Waals surface area contributed by atoms with Crippen LogP contribution in [0.1, 0.15) is 41.4 Å². The molecule has 0 radical (unpaired) electrons. The average Bonchev–Trinajstić information content (AvgIpc) is 2.83. The fourth-order valence-corrected chi connectivity index (χ4v) is 4.33. The van der Waals surface area contributed by atoms with Crippen molar-refractivity contribution in [3.8, 4) is 11.3 Å². The molecule has 2 unspecified atom stereocenters. The highest BCUT2D eigenvalue weighted by molar-refractivity contribution is 6.01. The van der Waals surface area contributed by atoms with Crippen LogP contribution in [0, 0.1) is 12.8 Å². The highest BCUT2D eigenvalue weighted by Gasteiger charge is 2.34. The number of hydrogen-bond acceptors (Lipinski definition) is 5. The first-order valence-electron chi connectivity index (χ1n) is 11.2. The maximum Gasteiger partial charge on any atom is 0.435 e. The number of hydrogen-bond donors (Lipinski definition) is 1. The lowest BCUT2D eigenvalue weighted by Gasteiger charge is -2.40. The Balaban J connectivity index is 1.57. The number of aryl methyl sites for hydroxylation is 1. The highest BCUT2D eigenvalue weighted by atomic mass is 19.4. The van der Waals surface area contributed by atoms with Crippen molar-refractivity contribution in [2.75, 3.05) is 18.4 Å². The Labute approximate surface area is 196 Å². The molecular formula is C25H26F3N5O. The summed E-state index contributed by atoms with van der Waals surface area (Å²) in [5.41, 5.74) is 2.03. The van der Waals surface area contributed by atoms with Crippen LogP contribution >= 0.6 is 0 Å². The number of nitrogens with zero attached hydrogens (tertiary/aromatic N) is 4. The summed E-state index contributed by atoms with van der Waals surface area (Å²) in [5, 5.41) is 9.99. The molecule has 1 aliphatic heterocycles. The van der Waals surface area contributed by atoms with Crippen LogP contribution in [-0.2, 0) is 6.18 Å². The second-order valence-electron chi connectivity index (χ2n) is 8.63. The van der Waals surface area contributed by atoms with E-state index in [0.717, 1.165) is 35.7 Å². The molecule has 1 N–H and O–H groups in total. The van der Waals surface area contributed by atoms with E-state index in [1.165, 1.54) is 6.07 Å². The van der Waals surface area contributed by atoms with Crippen molar-refractivity contribution in [3.05, 3.63) is 71.5 Å². The zero-order valence-electron chi connectivity index (χ0n) is 19.0. The average molecular weight is 470 g/mol. The van der Waals surface area contributed by atoms with Gasteiger partial charge in [0.1, 0.15) is 5.82 Å². The molecule has 1 aromatic carbocycles. The zero-order chi connectivity index (χ0) is 24.3. The lowest BCUT2D eigenvalue weighted by molar-refractivity contribution is -0.141. The number of halogens is 3. The molecule has 6 nitrogen and oxygen atoms in total. The van der Waals surface area contributed by atoms with Crippen molar-refractivity contribution >= 4 is 11.7 Å². The molecule has 1 aliphatic rings. The molecule has 0 spiro atoms. The molecule has 0 bridgehead atoms. The summed E-state index contributed by atoms with van der Waals surface area (Å²) in [6.07, 6.45) is -1.00. The van der Waals surface area contributed by atoms with Gasteiger partial charge in [0.15, 0.2) is 5.69 Å². The van der Waals surface area contributed by atoms with Gasteiger partial charge in [-0.25, -0.2) is 0 Å². The van der Waals surface area contributed by atoms with Crippen LogP contribution in [0.4, 0.5) is 19.0 Å². The van der Waals surface area contributed by atoms with Crippen LogP contribution in [0.25, 0.3) is 11.3 Å². The normalized spacial score (nSPS) is 18.6. The minimum Gasteiger partial charge on any atom is -0.367 e. The summed E-state index contributed by atoms with van der Waals surface area (Å²) in [4.78, 5) is 20.1. The van der Waals surface area contributed by atoms with Crippen molar-refractivity contribution in [1.82, 2.24) is 20.1 Å². The number of pyridine rings is 1. The maximum atomic E-state index is 13.8. The van der Waals surface area contributed by atoms with Gasteiger partial charge in [-0.05, 0) is 56.0 Å². The molecule has 2 aromatic heterocycles. The van der Waals surface area contributed by atoms with Gasteiger partial charge in [-0.2, -0.15) is 13.2 Å². The lowest BCUT2D eigenvalue weighted by atomic mass is 9.89. The molecule has 1 fully saturated rings. The zero-order valence-corrected chi connectivity index (χ0v) is 19.0. The number of nitrogens with one attached hydrogen (secondary N) is 1. The third kappa shape index (κ3) is 5.18. The van der Waals surface area contributed by atoms with Crippen LogP contribution in [-0.4, -0.2) is 45.1 Å². The maximum absolute atomic E-state index is 13.8. The van der Waals surface area contributed by atoms with Gasteiger partial charge in [0.05, 0.1) is 11.7 Å². The predicted octanol–water partition coefficient (Wildman–Crippen LogP) is 5.22. The monoisotopic (exact) mass is 469 g/mol. The first kappa shape index (κ1) is 23.7. The minimum absolute atomic E-state index is 0.0822. The molecule has 34 heavy (non-hydrogen) atoms. The molecule has 2 atom stereocenters. The fourth-order valence-electron chi connectivity index (χ4n) is 4.33. The number of rotatable bonds is 5. The highest BCUT2D eigenvalue weighted by Crippen LogP contribution is 2.30. The van der Waals surface area contributed by atoms with Crippen molar-refractivity contribution in [1.29, 1.82) is 0 Å². The number of anilines is 1. The van der Waals surface area contributed by atoms with E-state index in [1.54, 1.807) is 6.20 Å². The van der Waals surface area contributed by atoms with Gasteiger partial charge < -0.3 is 10.2 Å². The SMILES string of the molecule is Cc1ccc(-c2ccccn2)c(C(=O)N2CCCC(C)C2CNc2ccc(C(F)(F)F)nn2)c1. The fraction of sp³-hybridized carbons (Fsp3) is 0.360. The second kappa shape index (κ2) is 9.79. The molecule has 4 rings (SSSR count). The van der Waals surface area contributed by atoms with Crippen molar-refractivity contribution in [2.45, 2.75) is 38.9 Å². The Morgan fingerprint density at radius 1 is 1.15 bits per heavy atom. The second-order valence-corrected chi connectivity index (χ2v) is 8.63. The molecule has 1 amide bonds. The van der Waals surface area contributed by atoms with Crippen molar-refractivity contribution < 1.29 is 18.0 Å². The van der Waals surface area contributed by atoms with Crippen molar-refractivity contribution in [3.63, 3.8) is 0 Å². The van der Waals surface area contributed by atoms with Gasteiger partial charge in [0.25, 0.3) is 5.91 Å². The van der Waals surface area contributed by atoms with E-state index in [4.69, 9.17) is 0 Å². The molecule has 178 valence electrons. The van der Waals surface area contributed by atoms with Gasteiger partial charge >= 0.3 is 6.18 Å². The first-order valence-corrected chi connectivity index (χ1v) is 11.2. The van der Waals surface area contributed by atoms with Gasteiger partial charge in [-0.15, -0.1) is 10.2 Å². The number of alkyl halides is 3. The van der Waals surface area contributed by atoms with Gasteiger partial charge in [-0.3, -0.25) is 9.78 Å². The summed E-state index contributed by atoms with van der Waals surface area (Å²) in [5.74, 6) is 0.361. The van der Waals surface area contributed by atoms with E-state index in [0.29, 0.717) is 18.7 Å². The number of likely N-dealkylation sites (tertiary alicyclic amines) is 1. The summed E-state index contributed by atoms with van der Waals surface area (Å²) in [6, 6.07) is 13.4. The van der Waals surface area contributed by atoms with E-state index in [1.807, 2.05) is 48.2 Å². The van der Waals surface area contributed by atoms with Crippen molar-refractivity contribution in [2.24, 2.45) is 5.92 Å². The Hall–Kier alpha value is -3.49. The molecule has 0 aliphatic carbocycles. The first-order chi connectivity index (χ1) is 16.2. The number of amides is 1. The Kier molecular flexibility index (Phi) is 6.81. The summed E-state index contributed by atoms with van der Waals surface area (Å²) >= 11 is 0. The third-order valence-corrected chi connectivity index (χ3v) is 6.17. The molecular weight excluding hydrogens is 443 g/mol.